The van der Waals surface area contributed by atoms with Crippen LogP contribution in [0.3, 0.4) is 0 Å². The van der Waals surface area contributed by atoms with E-state index < -0.39 is 11.9 Å². The summed E-state index contributed by atoms with van der Waals surface area (Å²) in [6, 6.07) is 18.0. The Morgan fingerprint density at radius 1 is 1.12 bits per heavy atom. The molecule has 0 saturated carbocycles. The van der Waals surface area contributed by atoms with Gasteiger partial charge in [-0.3, -0.25) is 0 Å². The second kappa shape index (κ2) is 9.68. The van der Waals surface area contributed by atoms with E-state index in [1.807, 2.05) is 24.3 Å². The number of halogens is 2. The zero-order valence-electron chi connectivity index (χ0n) is 18.4. The largest absolute Gasteiger partial charge is 0.494 e. The van der Waals surface area contributed by atoms with Gasteiger partial charge in [0, 0.05) is 11.6 Å². The molecule has 0 bridgehead atoms. The van der Waals surface area contributed by atoms with E-state index in [4.69, 9.17) is 43.1 Å². The van der Waals surface area contributed by atoms with Crippen molar-refractivity contribution in [3.05, 3.63) is 98.4 Å². The van der Waals surface area contributed by atoms with Crippen LogP contribution in [0.2, 0.25) is 10.0 Å². The standard InChI is InChI=1S/C26H20Cl2N2O4/c1-3-14-4-6-15(7-5-14)23-18-9-8-17(12-22(18)34-25(30)19(23)13-29)33-26(31)16-10-20(27)24(32-2)21(28)11-16/h4-12,23H,3,30H2,1-2H3. The molecule has 1 unspecified atom stereocenters. The normalized spacial score (nSPS) is 14.6. The molecule has 0 aliphatic carbocycles. The number of hydrogen-bond donors (Lipinski definition) is 1. The predicted molar refractivity (Wildman–Crippen MR) is 130 cm³/mol. The highest BCUT2D eigenvalue weighted by Crippen LogP contribution is 2.43. The fourth-order valence-electron chi connectivity index (χ4n) is 3.83. The monoisotopic (exact) mass is 494 g/mol. The Balaban J connectivity index is 1.66. The highest BCUT2D eigenvalue weighted by atomic mass is 35.5. The highest BCUT2D eigenvalue weighted by molar-refractivity contribution is 6.37. The maximum Gasteiger partial charge on any atom is 0.343 e. The molecule has 3 aromatic carbocycles. The Morgan fingerprint density at radius 3 is 2.38 bits per heavy atom. The minimum absolute atomic E-state index is 0.0109. The predicted octanol–water partition coefficient (Wildman–Crippen LogP) is 6.00. The Morgan fingerprint density at radius 2 is 1.79 bits per heavy atom. The van der Waals surface area contributed by atoms with E-state index in [-0.39, 0.29) is 33.0 Å². The molecule has 1 atom stereocenters. The Labute approximate surface area is 207 Å². The van der Waals surface area contributed by atoms with E-state index in [2.05, 4.69) is 13.0 Å². The van der Waals surface area contributed by atoms with Gasteiger partial charge < -0.3 is 19.9 Å². The number of aryl methyl sites for hydroxylation is 1. The van der Waals surface area contributed by atoms with Crippen molar-refractivity contribution in [1.82, 2.24) is 0 Å². The summed E-state index contributed by atoms with van der Waals surface area (Å²) in [6.07, 6.45) is 0.910. The van der Waals surface area contributed by atoms with Crippen LogP contribution in [0.5, 0.6) is 17.2 Å². The van der Waals surface area contributed by atoms with Crippen LogP contribution in [0.1, 0.15) is 39.9 Å². The van der Waals surface area contributed by atoms with Gasteiger partial charge >= 0.3 is 5.97 Å². The lowest BCUT2D eigenvalue weighted by Gasteiger charge is -2.26. The zero-order chi connectivity index (χ0) is 24.4. The number of allylic oxidation sites excluding steroid dienone is 1. The molecule has 8 heteroatoms. The van der Waals surface area contributed by atoms with Crippen LogP contribution < -0.4 is 19.9 Å². The Bertz CT molecular complexity index is 1320. The molecule has 34 heavy (non-hydrogen) atoms. The Kier molecular flexibility index (Phi) is 6.69. The van der Waals surface area contributed by atoms with Crippen molar-refractivity contribution in [3.8, 4) is 23.3 Å². The van der Waals surface area contributed by atoms with Crippen LogP contribution in [-0.2, 0) is 6.42 Å². The molecule has 0 spiro atoms. The first kappa shape index (κ1) is 23.5. The maximum atomic E-state index is 12.7. The molecule has 2 N–H and O–H groups in total. The fraction of sp³-hybridized carbons (Fsp3) is 0.154. The van der Waals surface area contributed by atoms with Gasteiger partial charge in [0.2, 0.25) is 5.88 Å². The van der Waals surface area contributed by atoms with Crippen LogP contribution >= 0.6 is 23.2 Å². The molecule has 3 aromatic rings. The van der Waals surface area contributed by atoms with Crippen molar-refractivity contribution < 1.29 is 19.0 Å². The molecule has 1 aliphatic rings. The van der Waals surface area contributed by atoms with Crippen LogP contribution in [0.4, 0.5) is 0 Å². The number of nitrogens with two attached hydrogens (primary N) is 1. The summed E-state index contributed by atoms with van der Waals surface area (Å²) in [5, 5.41) is 10.1. The van der Waals surface area contributed by atoms with E-state index in [0.29, 0.717) is 11.3 Å². The van der Waals surface area contributed by atoms with Gasteiger partial charge in [0.1, 0.15) is 23.1 Å². The number of rotatable bonds is 5. The van der Waals surface area contributed by atoms with Crippen LogP contribution in [-0.4, -0.2) is 13.1 Å². The first-order valence-corrected chi connectivity index (χ1v) is 11.2. The van der Waals surface area contributed by atoms with Crippen LogP contribution in [0.25, 0.3) is 0 Å². The molecule has 172 valence electrons. The van der Waals surface area contributed by atoms with Gasteiger partial charge in [0.15, 0.2) is 5.75 Å². The van der Waals surface area contributed by atoms with Crippen molar-refractivity contribution in [1.29, 1.82) is 5.26 Å². The summed E-state index contributed by atoms with van der Waals surface area (Å²) in [5.74, 6) is -0.136. The van der Waals surface area contributed by atoms with Crippen molar-refractivity contribution in [3.63, 3.8) is 0 Å². The van der Waals surface area contributed by atoms with Gasteiger partial charge in [-0.2, -0.15) is 5.26 Å². The lowest BCUT2D eigenvalue weighted by molar-refractivity contribution is 0.0734. The van der Waals surface area contributed by atoms with E-state index in [0.717, 1.165) is 17.5 Å². The van der Waals surface area contributed by atoms with Gasteiger partial charge in [-0.25, -0.2) is 4.79 Å². The molecule has 0 amide bonds. The molecule has 0 aromatic heterocycles. The molecular weight excluding hydrogens is 475 g/mol. The second-order valence-corrected chi connectivity index (χ2v) is 8.40. The van der Waals surface area contributed by atoms with Gasteiger partial charge in [0.25, 0.3) is 0 Å². The third-order valence-corrected chi connectivity index (χ3v) is 6.12. The minimum atomic E-state index is -0.657. The van der Waals surface area contributed by atoms with Gasteiger partial charge in [-0.05, 0) is 35.7 Å². The number of nitrogens with zero attached hydrogens (tertiary/aromatic N) is 1. The van der Waals surface area contributed by atoms with Gasteiger partial charge in [0.05, 0.1) is 28.6 Å². The number of carbonyl (C=O) groups excluding carboxylic acids is 1. The van der Waals surface area contributed by atoms with E-state index in [1.54, 1.807) is 18.2 Å². The molecule has 6 nitrogen and oxygen atoms in total. The van der Waals surface area contributed by atoms with Crippen LogP contribution in [0.15, 0.2) is 66.1 Å². The third-order valence-electron chi connectivity index (χ3n) is 5.56. The molecule has 0 saturated heterocycles. The number of ether oxygens (including phenoxy) is 3. The second-order valence-electron chi connectivity index (χ2n) is 7.58. The quantitative estimate of drug-likeness (QED) is 0.345. The van der Waals surface area contributed by atoms with Crippen molar-refractivity contribution >= 4 is 29.2 Å². The molecule has 0 fully saturated rings. The number of hydrogen-bond acceptors (Lipinski definition) is 6. The molecular formula is C26H20Cl2N2O4. The third kappa shape index (κ3) is 4.41. The number of esters is 1. The first-order chi connectivity index (χ1) is 16.4. The van der Waals surface area contributed by atoms with E-state index >= 15 is 0 Å². The van der Waals surface area contributed by atoms with Crippen molar-refractivity contribution in [2.45, 2.75) is 19.3 Å². The van der Waals surface area contributed by atoms with E-state index in [9.17, 15) is 10.1 Å². The topological polar surface area (TPSA) is 94.6 Å². The number of carbonyl (C=O) groups is 1. The summed E-state index contributed by atoms with van der Waals surface area (Å²) < 4.78 is 16.3. The van der Waals surface area contributed by atoms with E-state index in [1.165, 1.54) is 24.8 Å². The molecule has 0 radical (unpaired) electrons. The SMILES string of the molecule is CCc1ccc(C2C(C#N)=C(N)Oc3cc(OC(=O)c4cc(Cl)c(OC)c(Cl)c4)ccc32)cc1. The lowest BCUT2D eigenvalue weighted by Crippen LogP contribution is -2.21. The van der Waals surface area contributed by atoms with Gasteiger partial charge in [-0.15, -0.1) is 0 Å². The van der Waals surface area contributed by atoms with Crippen LogP contribution in [0, 0.1) is 11.3 Å². The van der Waals surface area contributed by atoms with Crippen molar-refractivity contribution in [2.75, 3.05) is 7.11 Å². The number of benzene rings is 3. The minimum Gasteiger partial charge on any atom is -0.494 e. The number of methoxy groups -OCH3 is 1. The summed E-state index contributed by atoms with van der Waals surface area (Å²) >= 11 is 12.3. The number of fused-ring (bicyclic) bond motifs is 1. The maximum absolute atomic E-state index is 12.7. The smallest absolute Gasteiger partial charge is 0.343 e. The highest BCUT2D eigenvalue weighted by Gasteiger charge is 2.31. The zero-order valence-corrected chi connectivity index (χ0v) is 19.9. The summed E-state index contributed by atoms with van der Waals surface area (Å²) in [4.78, 5) is 12.7. The molecule has 4 rings (SSSR count). The molecule has 1 heterocycles. The summed E-state index contributed by atoms with van der Waals surface area (Å²) in [6.45, 7) is 2.08. The fourth-order valence-corrected chi connectivity index (χ4v) is 4.47. The number of nitriles is 1. The average Bonchev–Trinajstić information content (AvgIpc) is 2.83. The average molecular weight is 495 g/mol. The lowest BCUT2D eigenvalue weighted by atomic mass is 9.83. The molecule has 1 aliphatic heterocycles. The summed E-state index contributed by atoms with van der Waals surface area (Å²) in [7, 11) is 1.43. The first-order valence-electron chi connectivity index (χ1n) is 10.4. The van der Waals surface area contributed by atoms with Crippen molar-refractivity contribution in [2.24, 2.45) is 5.73 Å². The summed E-state index contributed by atoms with van der Waals surface area (Å²) in [5.41, 5.74) is 9.40. The van der Waals surface area contributed by atoms with Gasteiger partial charge in [-0.1, -0.05) is 60.5 Å². The Hall–Kier alpha value is -3.66.